The molecule has 0 unspecified atom stereocenters. The lowest BCUT2D eigenvalue weighted by molar-refractivity contribution is -0.305. The highest BCUT2D eigenvalue weighted by Crippen LogP contribution is 2.14. The molecule has 1 aromatic rings. The Morgan fingerprint density at radius 2 is 1.83 bits per heavy atom. The predicted molar refractivity (Wildman–Crippen MR) is 65.4 cm³/mol. The Bertz CT molecular complexity index is 395. The Kier molecular flexibility index (Phi) is 5.91. The lowest BCUT2D eigenvalue weighted by atomic mass is 10.1. The van der Waals surface area contributed by atoms with Gasteiger partial charge in [0.05, 0.1) is 6.61 Å². The Labute approximate surface area is 107 Å². The molecular formula is C14H17O4-. The first-order valence-electron chi connectivity index (χ1n) is 6.09. The number of carbonyl (C=O) groups is 2. The highest BCUT2D eigenvalue weighted by atomic mass is 16.5. The van der Waals surface area contributed by atoms with Gasteiger partial charge in [0, 0.05) is 18.0 Å². The number of ketones is 1. The average Bonchev–Trinajstić information content (AvgIpc) is 2.37. The summed E-state index contributed by atoms with van der Waals surface area (Å²) in [6, 6.07) is 6.75. The molecule has 0 aliphatic carbocycles. The number of carbonyl (C=O) groups excluding carboxylic acids is 2. The number of rotatable bonds is 8. The van der Waals surface area contributed by atoms with E-state index in [0.29, 0.717) is 12.2 Å². The third-order valence-electron chi connectivity index (χ3n) is 2.50. The van der Waals surface area contributed by atoms with Crippen LogP contribution in [0.25, 0.3) is 0 Å². The number of carboxylic acid groups (broad SMARTS) is 1. The molecule has 0 spiro atoms. The van der Waals surface area contributed by atoms with E-state index in [-0.39, 0.29) is 18.6 Å². The minimum atomic E-state index is -1.21. The van der Waals surface area contributed by atoms with Crippen molar-refractivity contribution < 1.29 is 19.4 Å². The Morgan fingerprint density at radius 3 is 2.39 bits per heavy atom. The smallest absolute Gasteiger partial charge is 0.163 e. The van der Waals surface area contributed by atoms with E-state index < -0.39 is 5.97 Å². The second-order valence-corrected chi connectivity index (χ2v) is 4.02. The summed E-state index contributed by atoms with van der Waals surface area (Å²) in [5.74, 6) is -0.679. The maximum Gasteiger partial charge on any atom is 0.163 e. The molecule has 0 heterocycles. The van der Waals surface area contributed by atoms with E-state index in [1.165, 1.54) is 0 Å². The van der Waals surface area contributed by atoms with Gasteiger partial charge < -0.3 is 14.6 Å². The van der Waals surface area contributed by atoms with Crippen LogP contribution in [0.2, 0.25) is 0 Å². The van der Waals surface area contributed by atoms with Crippen molar-refractivity contribution in [2.75, 3.05) is 6.61 Å². The van der Waals surface area contributed by atoms with Gasteiger partial charge in [0.25, 0.3) is 0 Å². The van der Waals surface area contributed by atoms with E-state index in [1.54, 1.807) is 24.3 Å². The fourth-order valence-electron chi connectivity index (χ4n) is 1.43. The van der Waals surface area contributed by atoms with Crippen molar-refractivity contribution in [3.8, 4) is 5.75 Å². The average molecular weight is 249 g/mol. The van der Waals surface area contributed by atoms with Crippen LogP contribution in [0.15, 0.2) is 24.3 Å². The quantitative estimate of drug-likeness (QED) is 0.518. The fraction of sp³-hybridized carbons (Fsp3) is 0.429. The fourth-order valence-corrected chi connectivity index (χ4v) is 1.43. The summed E-state index contributed by atoms with van der Waals surface area (Å²) in [7, 11) is 0. The normalized spacial score (nSPS) is 10.1. The van der Waals surface area contributed by atoms with Crippen LogP contribution in [0.5, 0.6) is 5.75 Å². The molecule has 0 aliphatic rings. The second-order valence-electron chi connectivity index (χ2n) is 4.02. The van der Waals surface area contributed by atoms with E-state index >= 15 is 0 Å². The van der Waals surface area contributed by atoms with Crippen LogP contribution in [0, 0.1) is 0 Å². The number of hydrogen-bond acceptors (Lipinski definition) is 4. The molecule has 0 N–H and O–H groups in total. The van der Waals surface area contributed by atoms with Crippen molar-refractivity contribution >= 4 is 11.8 Å². The van der Waals surface area contributed by atoms with Gasteiger partial charge in [-0.1, -0.05) is 13.3 Å². The second kappa shape index (κ2) is 7.48. The van der Waals surface area contributed by atoms with Crippen molar-refractivity contribution in [2.45, 2.75) is 32.6 Å². The molecule has 0 aliphatic heterocycles. The van der Waals surface area contributed by atoms with Gasteiger partial charge in [-0.25, -0.2) is 0 Å². The summed E-state index contributed by atoms with van der Waals surface area (Å²) in [6.07, 6.45) is 1.79. The van der Waals surface area contributed by atoms with Gasteiger partial charge in [-0.3, -0.25) is 4.79 Å². The lowest BCUT2D eigenvalue weighted by Crippen LogP contribution is -2.22. The van der Waals surface area contributed by atoms with Crippen LogP contribution in [0.3, 0.4) is 0 Å². The van der Waals surface area contributed by atoms with Gasteiger partial charge in [0.1, 0.15) is 5.75 Å². The molecule has 0 atom stereocenters. The third-order valence-corrected chi connectivity index (χ3v) is 2.50. The first kappa shape index (κ1) is 14.2. The minimum Gasteiger partial charge on any atom is -0.550 e. The number of Topliss-reactive ketones (excluding diaryl/α,β-unsaturated/α-hetero) is 1. The molecule has 0 bridgehead atoms. The number of carboxylic acids is 1. The van der Waals surface area contributed by atoms with E-state index in [0.717, 1.165) is 18.6 Å². The van der Waals surface area contributed by atoms with Gasteiger partial charge >= 0.3 is 0 Å². The molecule has 0 saturated heterocycles. The van der Waals surface area contributed by atoms with E-state index in [1.807, 2.05) is 0 Å². The number of aliphatic carboxylic acids is 1. The monoisotopic (exact) mass is 249 g/mol. The molecule has 0 saturated carbocycles. The largest absolute Gasteiger partial charge is 0.550 e. The Morgan fingerprint density at radius 1 is 1.17 bits per heavy atom. The third kappa shape index (κ3) is 4.99. The van der Waals surface area contributed by atoms with Crippen LogP contribution < -0.4 is 9.84 Å². The van der Waals surface area contributed by atoms with E-state index in [2.05, 4.69) is 6.92 Å². The van der Waals surface area contributed by atoms with Crippen molar-refractivity contribution in [3.63, 3.8) is 0 Å². The first-order chi connectivity index (χ1) is 8.63. The molecule has 18 heavy (non-hydrogen) atoms. The minimum absolute atomic E-state index is 0.0294. The molecule has 0 amide bonds. The summed E-state index contributed by atoms with van der Waals surface area (Å²) >= 11 is 0. The molecule has 0 radical (unpaired) electrons. The zero-order valence-electron chi connectivity index (χ0n) is 10.5. The van der Waals surface area contributed by atoms with Gasteiger partial charge in [-0.2, -0.15) is 0 Å². The highest BCUT2D eigenvalue weighted by Gasteiger charge is 2.05. The summed E-state index contributed by atoms with van der Waals surface area (Å²) in [6.45, 7) is 2.75. The summed E-state index contributed by atoms with van der Waals surface area (Å²) in [4.78, 5) is 21.8. The van der Waals surface area contributed by atoms with Crippen LogP contribution in [0.1, 0.15) is 43.0 Å². The molecule has 4 nitrogen and oxygen atoms in total. The summed E-state index contributed by atoms with van der Waals surface area (Å²) in [5, 5.41) is 10.3. The van der Waals surface area contributed by atoms with E-state index in [4.69, 9.17) is 4.74 Å². The topological polar surface area (TPSA) is 66.4 Å². The van der Waals surface area contributed by atoms with Crippen LogP contribution in [0.4, 0.5) is 0 Å². The van der Waals surface area contributed by atoms with Crippen LogP contribution in [-0.4, -0.2) is 18.4 Å². The molecule has 0 fully saturated rings. The van der Waals surface area contributed by atoms with Crippen molar-refractivity contribution in [1.29, 1.82) is 0 Å². The zero-order chi connectivity index (χ0) is 13.4. The molecule has 1 rings (SSSR count). The van der Waals surface area contributed by atoms with Crippen LogP contribution >= 0.6 is 0 Å². The Hall–Kier alpha value is -1.84. The molecular weight excluding hydrogens is 232 g/mol. The number of unbranched alkanes of at least 4 members (excludes halogenated alkanes) is 1. The molecule has 98 valence electrons. The van der Waals surface area contributed by atoms with Gasteiger partial charge in [0.2, 0.25) is 0 Å². The number of ether oxygens (including phenoxy) is 1. The van der Waals surface area contributed by atoms with E-state index in [9.17, 15) is 14.7 Å². The standard InChI is InChI=1S/C14H18O4/c1-2-3-10-18-12-6-4-11(5-7-12)13(15)8-9-14(16)17/h4-7H,2-3,8-10H2,1H3,(H,16,17)/p-1. The highest BCUT2D eigenvalue weighted by molar-refractivity contribution is 5.97. The van der Waals surface area contributed by atoms with Crippen LogP contribution in [-0.2, 0) is 4.79 Å². The summed E-state index contributed by atoms with van der Waals surface area (Å²) in [5.41, 5.74) is 0.499. The van der Waals surface area contributed by atoms with Crippen molar-refractivity contribution in [1.82, 2.24) is 0 Å². The number of hydrogen-bond donors (Lipinski definition) is 0. The van der Waals surface area contributed by atoms with Crippen molar-refractivity contribution in [2.24, 2.45) is 0 Å². The Balaban J connectivity index is 2.48. The number of benzene rings is 1. The summed E-state index contributed by atoms with van der Waals surface area (Å²) < 4.78 is 5.46. The van der Waals surface area contributed by atoms with Gasteiger partial charge in [-0.15, -0.1) is 0 Å². The van der Waals surface area contributed by atoms with Gasteiger partial charge in [0.15, 0.2) is 5.78 Å². The first-order valence-corrected chi connectivity index (χ1v) is 6.09. The lowest BCUT2D eigenvalue weighted by Gasteiger charge is -2.06. The van der Waals surface area contributed by atoms with Gasteiger partial charge in [-0.05, 0) is 37.1 Å². The zero-order valence-corrected chi connectivity index (χ0v) is 10.5. The maximum absolute atomic E-state index is 11.6. The SMILES string of the molecule is CCCCOc1ccc(C(=O)CCC(=O)[O-])cc1. The molecule has 1 aromatic carbocycles. The molecule has 4 heteroatoms. The maximum atomic E-state index is 11.6. The van der Waals surface area contributed by atoms with Crippen molar-refractivity contribution in [3.05, 3.63) is 29.8 Å². The molecule has 0 aromatic heterocycles. The predicted octanol–water partition coefficient (Wildman–Crippen LogP) is 1.58.